The van der Waals surface area contributed by atoms with Crippen LogP contribution in [0, 0.1) is 0 Å². The normalized spacial score (nSPS) is 18.3. The Morgan fingerprint density at radius 3 is 2.52 bits per heavy atom. The second kappa shape index (κ2) is 6.80. The Hall–Kier alpha value is -1.06. The smallest absolute Gasteiger partial charge is 0.117 e. The van der Waals surface area contributed by atoms with Crippen molar-refractivity contribution in [2.75, 3.05) is 0 Å². The summed E-state index contributed by atoms with van der Waals surface area (Å²) in [7, 11) is 0. The lowest BCUT2D eigenvalue weighted by Gasteiger charge is -2.38. The minimum atomic E-state index is -0.424. The van der Waals surface area contributed by atoms with Crippen molar-refractivity contribution in [2.24, 2.45) is 0 Å². The summed E-state index contributed by atoms with van der Waals surface area (Å²) in [5.41, 5.74) is 0.688. The Balaban J connectivity index is 2.32. The van der Waals surface area contributed by atoms with E-state index in [4.69, 9.17) is 11.6 Å². The standard InChI is InChI=1S/C17H21ClFNS/c1-12(19)11-13(2)20-17(9-5-4-6-10-17)16-8-7-15(21-16)14(3)18/h7-8,11,20H,1,3-6,9-10H2,2H3/b13-11+. The van der Waals surface area contributed by atoms with Gasteiger partial charge in [0.2, 0.25) is 0 Å². The SMILES string of the molecule is C=C(F)/C=C(\C)NC1(c2ccc(C(=C)Cl)s2)CCCCC1. The number of nitrogens with one attached hydrogen (secondary N) is 1. The fourth-order valence-electron chi connectivity index (χ4n) is 2.98. The second-order valence-corrected chi connectivity index (χ2v) is 7.15. The van der Waals surface area contributed by atoms with E-state index in [9.17, 15) is 4.39 Å². The van der Waals surface area contributed by atoms with Crippen molar-refractivity contribution >= 4 is 28.0 Å². The molecule has 0 unspecified atom stereocenters. The molecule has 1 fully saturated rings. The van der Waals surface area contributed by atoms with E-state index in [0.29, 0.717) is 5.03 Å². The summed E-state index contributed by atoms with van der Waals surface area (Å²) in [6.07, 6.45) is 7.14. The highest BCUT2D eigenvalue weighted by Gasteiger charge is 2.35. The molecule has 0 aliphatic heterocycles. The number of hydrogen-bond donors (Lipinski definition) is 1. The summed E-state index contributed by atoms with van der Waals surface area (Å²) in [5, 5.41) is 4.10. The van der Waals surface area contributed by atoms with Gasteiger partial charge in [0.25, 0.3) is 0 Å². The van der Waals surface area contributed by atoms with Crippen molar-refractivity contribution in [3.63, 3.8) is 0 Å². The predicted molar refractivity (Wildman–Crippen MR) is 91.1 cm³/mol. The molecule has 1 saturated carbocycles. The molecule has 0 spiro atoms. The number of halogens is 2. The van der Waals surface area contributed by atoms with Gasteiger partial charge in [0.1, 0.15) is 5.83 Å². The number of hydrogen-bond acceptors (Lipinski definition) is 2. The summed E-state index contributed by atoms with van der Waals surface area (Å²) >= 11 is 7.67. The van der Waals surface area contributed by atoms with Gasteiger partial charge in [0, 0.05) is 15.5 Å². The first-order chi connectivity index (χ1) is 9.93. The molecule has 0 aromatic carbocycles. The topological polar surface area (TPSA) is 12.0 Å². The molecule has 1 aromatic rings. The van der Waals surface area contributed by atoms with Crippen LogP contribution in [0.1, 0.15) is 48.8 Å². The maximum atomic E-state index is 13.0. The third kappa shape index (κ3) is 3.98. The Morgan fingerprint density at radius 2 is 2.00 bits per heavy atom. The maximum Gasteiger partial charge on any atom is 0.117 e. The molecule has 0 atom stereocenters. The van der Waals surface area contributed by atoms with Gasteiger partial charge < -0.3 is 5.32 Å². The molecule has 1 aliphatic carbocycles. The van der Waals surface area contributed by atoms with Crippen LogP contribution in [0.5, 0.6) is 0 Å². The van der Waals surface area contributed by atoms with Crippen LogP contribution in [-0.4, -0.2) is 0 Å². The van der Waals surface area contributed by atoms with Gasteiger partial charge in [0.05, 0.1) is 10.6 Å². The van der Waals surface area contributed by atoms with E-state index in [0.717, 1.165) is 23.4 Å². The molecule has 4 heteroatoms. The van der Waals surface area contributed by atoms with E-state index in [1.807, 2.05) is 13.0 Å². The lowest BCUT2D eigenvalue weighted by atomic mass is 9.80. The van der Waals surface area contributed by atoms with Crippen molar-refractivity contribution in [3.8, 4) is 0 Å². The van der Waals surface area contributed by atoms with Crippen LogP contribution in [0.3, 0.4) is 0 Å². The minimum absolute atomic E-state index is 0.121. The van der Waals surface area contributed by atoms with E-state index >= 15 is 0 Å². The summed E-state index contributed by atoms with van der Waals surface area (Å²) in [6.45, 7) is 8.98. The first kappa shape index (κ1) is 16.3. The monoisotopic (exact) mass is 325 g/mol. The summed E-state index contributed by atoms with van der Waals surface area (Å²) in [4.78, 5) is 2.24. The van der Waals surface area contributed by atoms with Crippen molar-refractivity contribution in [1.29, 1.82) is 0 Å². The van der Waals surface area contributed by atoms with Crippen molar-refractivity contribution in [2.45, 2.75) is 44.6 Å². The van der Waals surface area contributed by atoms with Crippen molar-refractivity contribution in [1.82, 2.24) is 5.32 Å². The molecule has 1 nitrogen and oxygen atoms in total. The highest BCUT2D eigenvalue weighted by atomic mass is 35.5. The van der Waals surface area contributed by atoms with Gasteiger partial charge >= 0.3 is 0 Å². The fourth-order valence-corrected chi connectivity index (χ4v) is 4.23. The molecule has 2 rings (SSSR count). The zero-order valence-corrected chi connectivity index (χ0v) is 13.9. The number of allylic oxidation sites excluding steroid dienone is 3. The Kier molecular flexibility index (Phi) is 5.28. The quantitative estimate of drug-likeness (QED) is 0.645. The number of thiophene rings is 1. The van der Waals surface area contributed by atoms with E-state index in [2.05, 4.69) is 24.5 Å². The van der Waals surface area contributed by atoms with Gasteiger partial charge in [-0.15, -0.1) is 11.3 Å². The molecule has 1 aromatic heterocycles. The molecule has 1 heterocycles. The zero-order chi connectivity index (χ0) is 15.5. The van der Waals surface area contributed by atoms with Crippen LogP contribution in [0.4, 0.5) is 4.39 Å². The summed E-state index contributed by atoms with van der Waals surface area (Å²) < 4.78 is 13.0. The fraction of sp³-hybridized carbons (Fsp3) is 0.412. The summed E-state index contributed by atoms with van der Waals surface area (Å²) in [5.74, 6) is -0.424. The van der Waals surface area contributed by atoms with Gasteiger partial charge in [-0.25, -0.2) is 4.39 Å². The van der Waals surface area contributed by atoms with Gasteiger partial charge in [0.15, 0.2) is 0 Å². The highest BCUT2D eigenvalue weighted by Crippen LogP contribution is 2.42. The predicted octanol–water partition coefficient (Wildman–Crippen LogP) is 6.09. The third-order valence-electron chi connectivity index (χ3n) is 3.86. The van der Waals surface area contributed by atoms with Crippen LogP contribution >= 0.6 is 22.9 Å². The largest absolute Gasteiger partial charge is 0.378 e. The van der Waals surface area contributed by atoms with Crippen LogP contribution in [-0.2, 0) is 5.54 Å². The van der Waals surface area contributed by atoms with E-state index in [1.165, 1.54) is 30.2 Å². The molecule has 0 bridgehead atoms. The maximum absolute atomic E-state index is 13.0. The Bertz CT molecular complexity index is 567. The average molecular weight is 326 g/mol. The van der Waals surface area contributed by atoms with Crippen LogP contribution in [0.2, 0.25) is 0 Å². The van der Waals surface area contributed by atoms with Crippen LogP contribution in [0.25, 0.3) is 5.03 Å². The molecule has 0 radical (unpaired) electrons. The van der Waals surface area contributed by atoms with E-state index in [1.54, 1.807) is 11.3 Å². The molecule has 0 saturated heterocycles. The Morgan fingerprint density at radius 1 is 1.33 bits per heavy atom. The molecule has 114 valence electrons. The molecule has 0 amide bonds. The minimum Gasteiger partial charge on any atom is -0.378 e. The zero-order valence-electron chi connectivity index (χ0n) is 12.3. The first-order valence-electron chi connectivity index (χ1n) is 7.19. The van der Waals surface area contributed by atoms with Gasteiger partial charge in [-0.05, 0) is 38.0 Å². The van der Waals surface area contributed by atoms with Crippen molar-refractivity contribution < 1.29 is 4.39 Å². The second-order valence-electron chi connectivity index (χ2n) is 5.61. The first-order valence-corrected chi connectivity index (χ1v) is 8.38. The van der Waals surface area contributed by atoms with Gasteiger partial charge in [-0.1, -0.05) is 44.0 Å². The highest BCUT2D eigenvalue weighted by molar-refractivity contribution is 7.14. The van der Waals surface area contributed by atoms with Crippen molar-refractivity contribution in [3.05, 3.63) is 52.6 Å². The third-order valence-corrected chi connectivity index (χ3v) is 5.53. The Labute approximate surface area is 135 Å². The molecular formula is C17H21ClFNS. The summed E-state index contributed by atoms with van der Waals surface area (Å²) in [6, 6.07) is 4.13. The van der Waals surface area contributed by atoms with E-state index < -0.39 is 5.83 Å². The molecule has 1 N–H and O–H groups in total. The van der Waals surface area contributed by atoms with Gasteiger partial charge in [-0.2, -0.15) is 0 Å². The average Bonchev–Trinajstić information content (AvgIpc) is 2.88. The lowest BCUT2D eigenvalue weighted by Crippen LogP contribution is -2.42. The van der Waals surface area contributed by atoms with Crippen LogP contribution < -0.4 is 5.32 Å². The van der Waals surface area contributed by atoms with E-state index in [-0.39, 0.29) is 5.54 Å². The molecule has 1 aliphatic rings. The van der Waals surface area contributed by atoms with Gasteiger partial charge in [-0.3, -0.25) is 0 Å². The lowest BCUT2D eigenvalue weighted by molar-refractivity contribution is 0.258. The molecule has 21 heavy (non-hydrogen) atoms. The number of rotatable bonds is 5. The van der Waals surface area contributed by atoms with Crippen LogP contribution in [0.15, 0.2) is 42.9 Å². The molecular weight excluding hydrogens is 305 g/mol.